The molecule has 0 radical (unpaired) electrons. The molecule has 1 aromatic heterocycles. The van der Waals surface area contributed by atoms with E-state index >= 15 is 0 Å². The Morgan fingerprint density at radius 1 is 1.21 bits per heavy atom. The van der Waals surface area contributed by atoms with Gasteiger partial charge in [0.1, 0.15) is 11.5 Å². The molecular weight excluding hydrogens is 380 g/mol. The van der Waals surface area contributed by atoms with Gasteiger partial charge >= 0.3 is 12.0 Å². The summed E-state index contributed by atoms with van der Waals surface area (Å²) in [4.78, 5) is 25.0. The van der Waals surface area contributed by atoms with Crippen molar-refractivity contribution in [2.24, 2.45) is 0 Å². The van der Waals surface area contributed by atoms with Crippen molar-refractivity contribution >= 4 is 23.8 Å². The SMILES string of the molecule is CCOC(=O)C1=C(CSCc2ccco2)NC(=O)N[C@@H]1c1ccccc1OC. The van der Waals surface area contributed by atoms with Crippen LogP contribution >= 0.6 is 11.8 Å². The summed E-state index contributed by atoms with van der Waals surface area (Å²) in [6, 6.07) is 9.94. The van der Waals surface area contributed by atoms with Crippen molar-refractivity contribution in [1.82, 2.24) is 10.6 Å². The largest absolute Gasteiger partial charge is 0.496 e. The van der Waals surface area contributed by atoms with Crippen molar-refractivity contribution in [1.29, 1.82) is 0 Å². The average molecular weight is 402 g/mol. The van der Waals surface area contributed by atoms with E-state index in [0.29, 0.717) is 34.1 Å². The minimum absolute atomic E-state index is 0.238. The minimum Gasteiger partial charge on any atom is -0.496 e. The zero-order valence-electron chi connectivity index (χ0n) is 15.7. The number of hydrogen-bond acceptors (Lipinski definition) is 6. The fourth-order valence-electron chi connectivity index (χ4n) is 2.97. The molecule has 0 unspecified atom stereocenters. The van der Waals surface area contributed by atoms with Crippen LogP contribution in [0.4, 0.5) is 4.79 Å². The van der Waals surface area contributed by atoms with Crippen molar-refractivity contribution in [2.75, 3.05) is 19.5 Å². The van der Waals surface area contributed by atoms with Gasteiger partial charge in [-0.05, 0) is 25.1 Å². The van der Waals surface area contributed by atoms with Crippen LogP contribution in [0.25, 0.3) is 0 Å². The number of urea groups is 1. The number of rotatable bonds is 8. The van der Waals surface area contributed by atoms with Crippen LogP contribution in [0.1, 0.15) is 24.3 Å². The molecule has 2 N–H and O–H groups in total. The van der Waals surface area contributed by atoms with Gasteiger partial charge in [0, 0.05) is 17.0 Å². The highest BCUT2D eigenvalue weighted by Crippen LogP contribution is 2.34. The van der Waals surface area contributed by atoms with Crippen molar-refractivity contribution in [3.8, 4) is 5.75 Å². The van der Waals surface area contributed by atoms with Crippen LogP contribution in [-0.4, -0.2) is 31.5 Å². The first-order valence-electron chi connectivity index (χ1n) is 8.84. The number of ether oxygens (including phenoxy) is 2. The Kier molecular flexibility index (Phi) is 6.65. The van der Waals surface area contributed by atoms with Crippen molar-refractivity contribution < 1.29 is 23.5 Å². The quantitative estimate of drug-likeness (QED) is 0.658. The van der Waals surface area contributed by atoms with E-state index in [4.69, 9.17) is 13.9 Å². The first-order valence-corrected chi connectivity index (χ1v) is 10.00. The molecule has 28 heavy (non-hydrogen) atoms. The number of furan rings is 1. The lowest BCUT2D eigenvalue weighted by Crippen LogP contribution is -2.46. The van der Waals surface area contributed by atoms with E-state index < -0.39 is 12.0 Å². The topological polar surface area (TPSA) is 89.8 Å². The van der Waals surface area contributed by atoms with Gasteiger partial charge in [-0.1, -0.05) is 18.2 Å². The van der Waals surface area contributed by atoms with Gasteiger partial charge in [-0.15, -0.1) is 11.8 Å². The summed E-state index contributed by atoms with van der Waals surface area (Å²) >= 11 is 1.53. The number of para-hydroxylation sites is 1. The van der Waals surface area contributed by atoms with E-state index in [1.807, 2.05) is 30.3 Å². The highest BCUT2D eigenvalue weighted by molar-refractivity contribution is 7.98. The molecule has 1 aromatic carbocycles. The van der Waals surface area contributed by atoms with E-state index in [1.165, 1.54) is 11.8 Å². The summed E-state index contributed by atoms with van der Waals surface area (Å²) in [5.74, 6) is 1.98. The maximum absolute atomic E-state index is 12.8. The van der Waals surface area contributed by atoms with Gasteiger partial charge in [-0.25, -0.2) is 9.59 Å². The number of esters is 1. The maximum atomic E-state index is 12.8. The Balaban J connectivity index is 1.94. The van der Waals surface area contributed by atoms with E-state index in [0.717, 1.165) is 5.76 Å². The summed E-state index contributed by atoms with van der Waals surface area (Å²) in [5.41, 5.74) is 1.59. The second-order valence-electron chi connectivity index (χ2n) is 5.96. The van der Waals surface area contributed by atoms with Crippen LogP contribution < -0.4 is 15.4 Å². The monoisotopic (exact) mass is 402 g/mol. The predicted octanol–water partition coefficient (Wildman–Crippen LogP) is 3.39. The van der Waals surface area contributed by atoms with Crippen molar-refractivity contribution in [3.63, 3.8) is 0 Å². The Hall–Kier alpha value is -2.87. The van der Waals surface area contributed by atoms with E-state index in [1.54, 1.807) is 26.4 Å². The summed E-state index contributed by atoms with van der Waals surface area (Å²) in [6.45, 7) is 1.98. The van der Waals surface area contributed by atoms with Gasteiger partial charge in [-0.2, -0.15) is 0 Å². The third-order valence-corrected chi connectivity index (χ3v) is 5.15. The second kappa shape index (κ2) is 9.36. The standard InChI is InChI=1S/C20H22N2O5S/c1-3-26-19(23)17-15(12-28-11-13-7-6-10-27-13)21-20(24)22-18(17)14-8-4-5-9-16(14)25-2/h4-10,18H,3,11-12H2,1-2H3,(H2,21,22,24)/t18-/m1/s1. The zero-order valence-corrected chi connectivity index (χ0v) is 16.5. The molecule has 0 spiro atoms. The number of carbonyl (C=O) groups is 2. The minimum atomic E-state index is -0.664. The summed E-state index contributed by atoms with van der Waals surface area (Å²) < 4.78 is 16.0. The number of carbonyl (C=O) groups excluding carboxylic acids is 2. The van der Waals surface area contributed by atoms with Crippen LogP contribution in [0.3, 0.4) is 0 Å². The van der Waals surface area contributed by atoms with Crippen molar-refractivity contribution in [2.45, 2.75) is 18.7 Å². The molecule has 7 nitrogen and oxygen atoms in total. The molecule has 0 saturated heterocycles. The fraction of sp³-hybridized carbons (Fsp3) is 0.300. The van der Waals surface area contributed by atoms with Crippen molar-refractivity contribution in [3.05, 3.63) is 65.3 Å². The first-order chi connectivity index (χ1) is 13.6. The number of thioether (sulfide) groups is 1. The molecule has 0 fully saturated rings. The molecule has 148 valence electrons. The molecule has 8 heteroatoms. The van der Waals surface area contributed by atoms with Gasteiger partial charge < -0.3 is 24.5 Å². The number of methoxy groups -OCH3 is 1. The Labute approximate surface area is 167 Å². The zero-order chi connectivity index (χ0) is 19.9. The fourth-order valence-corrected chi connectivity index (χ4v) is 3.87. The first kappa shape index (κ1) is 19.9. The molecular formula is C20H22N2O5S. The number of nitrogens with one attached hydrogen (secondary N) is 2. The summed E-state index contributed by atoms with van der Waals surface area (Å²) in [6.07, 6.45) is 1.61. The lowest BCUT2D eigenvalue weighted by Gasteiger charge is -2.30. The van der Waals surface area contributed by atoms with Gasteiger partial charge in [-0.3, -0.25) is 0 Å². The van der Waals surface area contributed by atoms with Gasteiger partial charge in [0.2, 0.25) is 0 Å². The molecule has 0 bridgehead atoms. The van der Waals surface area contributed by atoms with Gasteiger partial charge in [0.15, 0.2) is 0 Å². The molecule has 1 aliphatic rings. The molecule has 2 heterocycles. The predicted molar refractivity (Wildman–Crippen MR) is 106 cm³/mol. The van der Waals surface area contributed by atoms with Crippen LogP contribution in [0.15, 0.2) is 58.3 Å². The molecule has 3 rings (SSSR count). The highest BCUT2D eigenvalue weighted by Gasteiger charge is 2.35. The van der Waals surface area contributed by atoms with E-state index in [9.17, 15) is 9.59 Å². The smallest absolute Gasteiger partial charge is 0.338 e. The summed E-state index contributed by atoms with van der Waals surface area (Å²) in [5, 5.41) is 5.57. The molecule has 1 aliphatic heterocycles. The Morgan fingerprint density at radius 3 is 2.75 bits per heavy atom. The van der Waals surface area contributed by atoms with E-state index in [2.05, 4.69) is 10.6 Å². The third kappa shape index (κ3) is 4.51. The Morgan fingerprint density at radius 2 is 2.04 bits per heavy atom. The number of hydrogen-bond donors (Lipinski definition) is 2. The number of benzene rings is 1. The molecule has 2 aromatic rings. The maximum Gasteiger partial charge on any atom is 0.338 e. The van der Waals surface area contributed by atoms with E-state index in [-0.39, 0.29) is 12.6 Å². The lowest BCUT2D eigenvalue weighted by atomic mass is 9.95. The average Bonchev–Trinajstić information content (AvgIpc) is 3.21. The van der Waals surface area contributed by atoms with Crippen LogP contribution in [0.2, 0.25) is 0 Å². The second-order valence-corrected chi connectivity index (χ2v) is 6.94. The van der Waals surface area contributed by atoms with Gasteiger partial charge in [0.25, 0.3) is 0 Å². The van der Waals surface area contributed by atoms with Crippen LogP contribution in [0.5, 0.6) is 5.75 Å². The summed E-state index contributed by atoms with van der Waals surface area (Å²) in [7, 11) is 1.55. The lowest BCUT2D eigenvalue weighted by molar-refractivity contribution is -0.139. The molecule has 0 aliphatic carbocycles. The van der Waals surface area contributed by atoms with Crippen LogP contribution in [-0.2, 0) is 15.3 Å². The van der Waals surface area contributed by atoms with Crippen LogP contribution in [0, 0.1) is 0 Å². The molecule has 0 saturated carbocycles. The molecule has 1 atom stereocenters. The third-order valence-electron chi connectivity index (χ3n) is 4.17. The molecule has 2 amide bonds. The van der Waals surface area contributed by atoms with Gasteiger partial charge in [0.05, 0.1) is 37.3 Å². The normalized spacial score (nSPS) is 16.4. The highest BCUT2D eigenvalue weighted by atomic mass is 32.2. The number of amides is 2. The Bertz CT molecular complexity index is 863.